The molecule has 0 bridgehead atoms. The standard InChI is InChI=1S/C13H13ClN2O2/c1-13(2)9-10(13)12(18)16(11(9)17)8-5-6(15)3-4-7(8)14/h3-5,9-10H,15H2,1-2H3. The summed E-state index contributed by atoms with van der Waals surface area (Å²) in [6.07, 6.45) is 0. The number of carbonyl (C=O) groups excluding carboxylic acids is 2. The van der Waals surface area contributed by atoms with Crippen molar-refractivity contribution in [3.8, 4) is 0 Å². The highest BCUT2D eigenvalue weighted by atomic mass is 35.5. The molecule has 1 aromatic rings. The first kappa shape index (κ1) is 11.5. The molecule has 2 unspecified atom stereocenters. The average Bonchev–Trinajstić information content (AvgIpc) is 2.74. The van der Waals surface area contributed by atoms with Gasteiger partial charge < -0.3 is 5.73 Å². The molecule has 1 saturated heterocycles. The summed E-state index contributed by atoms with van der Waals surface area (Å²) >= 11 is 6.04. The molecule has 2 amide bonds. The zero-order valence-electron chi connectivity index (χ0n) is 10.1. The molecule has 1 aliphatic heterocycles. The van der Waals surface area contributed by atoms with Gasteiger partial charge >= 0.3 is 0 Å². The first-order chi connectivity index (χ1) is 8.35. The summed E-state index contributed by atoms with van der Waals surface area (Å²) in [5.74, 6) is -0.741. The number of nitrogen functional groups attached to an aromatic ring is 1. The zero-order valence-corrected chi connectivity index (χ0v) is 10.9. The van der Waals surface area contributed by atoms with Crippen molar-refractivity contribution in [2.45, 2.75) is 13.8 Å². The molecular formula is C13H13ClN2O2. The molecule has 2 N–H and O–H groups in total. The molecule has 0 aromatic heterocycles. The molecule has 1 aliphatic carbocycles. The SMILES string of the molecule is CC1(C)C2C(=O)N(c3cc(N)ccc3Cl)C(=O)C21. The number of benzene rings is 1. The number of carbonyl (C=O) groups is 2. The first-order valence-corrected chi connectivity index (χ1v) is 6.16. The molecule has 1 saturated carbocycles. The number of piperidine rings is 1. The summed E-state index contributed by atoms with van der Waals surface area (Å²) in [5, 5.41) is 0.366. The summed E-state index contributed by atoms with van der Waals surface area (Å²) in [4.78, 5) is 25.7. The minimum Gasteiger partial charge on any atom is -0.399 e. The van der Waals surface area contributed by atoms with E-state index >= 15 is 0 Å². The molecule has 1 heterocycles. The largest absolute Gasteiger partial charge is 0.399 e. The second-order valence-corrected chi connectivity index (χ2v) is 5.91. The van der Waals surface area contributed by atoms with Gasteiger partial charge in [0.25, 0.3) is 0 Å². The van der Waals surface area contributed by atoms with Crippen molar-refractivity contribution in [2.24, 2.45) is 17.3 Å². The second-order valence-electron chi connectivity index (χ2n) is 5.50. The van der Waals surface area contributed by atoms with Gasteiger partial charge in [-0.3, -0.25) is 9.59 Å². The number of rotatable bonds is 1. The van der Waals surface area contributed by atoms with Crippen LogP contribution in [0.4, 0.5) is 11.4 Å². The minimum absolute atomic E-state index is 0.164. The Labute approximate surface area is 110 Å². The Bertz CT molecular complexity index is 558. The highest BCUT2D eigenvalue weighted by Gasteiger charge is 2.72. The molecular weight excluding hydrogens is 252 g/mol. The average molecular weight is 265 g/mol. The Balaban J connectivity index is 2.03. The summed E-state index contributed by atoms with van der Waals surface area (Å²) in [6, 6.07) is 4.80. The Morgan fingerprint density at radius 2 is 1.78 bits per heavy atom. The van der Waals surface area contributed by atoms with Gasteiger partial charge in [0.05, 0.1) is 22.5 Å². The number of amides is 2. The first-order valence-electron chi connectivity index (χ1n) is 5.78. The van der Waals surface area contributed by atoms with Crippen LogP contribution in [0.3, 0.4) is 0 Å². The van der Waals surface area contributed by atoms with E-state index in [1.54, 1.807) is 18.2 Å². The molecule has 0 radical (unpaired) electrons. The Hall–Kier alpha value is -1.55. The molecule has 0 spiro atoms. The number of nitrogens with two attached hydrogens (primary N) is 1. The summed E-state index contributed by atoms with van der Waals surface area (Å²) < 4.78 is 0. The number of fused-ring (bicyclic) bond motifs is 1. The lowest BCUT2D eigenvalue weighted by Gasteiger charge is -2.21. The number of hydrogen-bond acceptors (Lipinski definition) is 3. The number of hydrogen-bond donors (Lipinski definition) is 1. The van der Waals surface area contributed by atoms with Crippen LogP contribution in [0, 0.1) is 17.3 Å². The topological polar surface area (TPSA) is 63.4 Å². The maximum atomic E-state index is 12.2. The summed E-state index contributed by atoms with van der Waals surface area (Å²) in [7, 11) is 0. The summed E-state index contributed by atoms with van der Waals surface area (Å²) in [6.45, 7) is 3.88. The van der Waals surface area contributed by atoms with E-state index in [0.29, 0.717) is 16.4 Å². The van der Waals surface area contributed by atoms with Crippen molar-refractivity contribution >= 4 is 34.8 Å². The lowest BCUT2D eigenvalue weighted by molar-refractivity contribution is -0.125. The molecule has 94 valence electrons. The quantitative estimate of drug-likeness (QED) is 0.624. The van der Waals surface area contributed by atoms with Crippen LogP contribution in [0.2, 0.25) is 5.02 Å². The fourth-order valence-electron chi connectivity index (χ4n) is 2.88. The van der Waals surface area contributed by atoms with Gasteiger partial charge in [-0.1, -0.05) is 25.4 Å². The van der Waals surface area contributed by atoms with Crippen LogP contribution in [-0.2, 0) is 9.59 Å². The molecule has 3 rings (SSSR count). The second kappa shape index (κ2) is 3.26. The molecule has 2 atom stereocenters. The van der Waals surface area contributed by atoms with Crippen molar-refractivity contribution in [1.29, 1.82) is 0 Å². The van der Waals surface area contributed by atoms with E-state index in [1.807, 2.05) is 13.8 Å². The van der Waals surface area contributed by atoms with Crippen molar-refractivity contribution in [3.05, 3.63) is 23.2 Å². The van der Waals surface area contributed by atoms with E-state index in [-0.39, 0.29) is 29.1 Å². The van der Waals surface area contributed by atoms with Crippen molar-refractivity contribution in [2.75, 3.05) is 10.6 Å². The van der Waals surface area contributed by atoms with Gasteiger partial charge in [-0.15, -0.1) is 0 Å². The molecule has 2 fully saturated rings. The van der Waals surface area contributed by atoms with Crippen LogP contribution < -0.4 is 10.6 Å². The maximum Gasteiger partial charge on any atom is 0.238 e. The van der Waals surface area contributed by atoms with Gasteiger partial charge in [-0.2, -0.15) is 0 Å². The van der Waals surface area contributed by atoms with Crippen molar-refractivity contribution < 1.29 is 9.59 Å². The maximum absolute atomic E-state index is 12.2. The van der Waals surface area contributed by atoms with Crippen molar-refractivity contribution in [1.82, 2.24) is 0 Å². The van der Waals surface area contributed by atoms with Crippen LogP contribution in [0.1, 0.15) is 13.8 Å². The van der Waals surface area contributed by atoms with E-state index in [0.717, 1.165) is 0 Å². The third kappa shape index (κ3) is 1.27. The predicted molar refractivity (Wildman–Crippen MR) is 69.1 cm³/mol. The van der Waals surface area contributed by atoms with E-state index in [2.05, 4.69) is 0 Å². The smallest absolute Gasteiger partial charge is 0.238 e. The third-order valence-electron chi connectivity index (χ3n) is 4.01. The van der Waals surface area contributed by atoms with Gasteiger partial charge in [0.15, 0.2) is 0 Å². The van der Waals surface area contributed by atoms with Gasteiger partial charge in [-0.25, -0.2) is 4.90 Å². The van der Waals surface area contributed by atoms with Gasteiger partial charge in [-0.05, 0) is 23.6 Å². The number of imide groups is 1. The van der Waals surface area contributed by atoms with Crippen LogP contribution in [0.5, 0.6) is 0 Å². The zero-order chi connectivity index (χ0) is 13.2. The van der Waals surface area contributed by atoms with Crippen LogP contribution in [0.25, 0.3) is 0 Å². The van der Waals surface area contributed by atoms with E-state index in [9.17, 15) is 9.59 Å². The highest BCUT2D eigenvalue weighted by Crippen LogP contribution is 2.64. The number of halogens is 1. The van der Waals surface area contributed by atoms with Crippen LogP contribution >= 0.6 is 11.6 Å². The Morgan fingerprint density at radius 3 is 2.33 bits per heavy atom. The fraction of sp³-hybridized carbons (Fsp3) is 0.385. The normalized spacial score (nSPS) is 28.5. The van der Waals surface area contributed by atoms with Gasteiger partial charge in [0.2, 0.25) is 11.8 Å². The molecule has 5 heteroatoms. The lowest BCUT2D eigenvalue weighted by Crippen LogP contribution is -2.36. The van der Waals surface area contributed by atoms with E-state index in [4.69, 9.17) is 17.3 Å². The van der Waals surface area contributed by atoms with Crippen molar-refractivity contribution in [3.63, 3.8) is 0 Å². The Kier molecular flexibility index (Phi) is 2.09. The van der Waals surface area contributed by atoms with Crippen LogP contribution in [0.15, 0.2) is 18.2 Å². The minimum atomic E-state index is -0.211. The Morgan fingerprint density at radius 1 is 1.22 bits per heavy atom. The number of nitrogens with zero attached hydrogens (tertiary/aromatic N) is 1. The lowest BCUT2D eigenvalue weighted by atomic mass is 10.1. The fourth-order valence-corrected chi connectivity index (χ4v) is 3.09. The molecule has 4 nitrogen and oxygen atoms in total. The van der Waals surface area contributed by atoms with E-state index in [1.165, 1.54) is 4.90 Å². The van der Waals surface area contributed by atoms with Gasteiger partial charge in [0, 0.05) is 5.69 Å². The highest BCUT2D eigenvalue weighted by molar-refractivity contribution is 6.36. The molecule has 1 aromatic carbocycles. The molecule has 18 heavy (non-hydrogen) atoms. The summed E-state index contributed by atoms with van der Waals surface area (Å²) in [5.41, 5.74) is 6.35. The van der Waals surface area contributed by atoms with Gasteiger partial charge in [0.1, 0.15) is 0 Å². The monoisotopic (exact) mass is 264 g/mol. The third-order valence-corrected chi connectivity index (χ3v) is 4.33. The predicted octanol–water partition coefficient (Wildman–Crippen LogP) is 2.07. The van der Waals surface area contributed by atoms with E-state index < -0.39 is 0 Å². The molecule has 2 aliphatic rings. The number of anilines is 2. The van der Waals surface area contributed by atoms with Crippen LogP contribution in [-0.4, -0.2) is 11.8 Å².